The number of carbonyl (C=O) groups excluding carboxylic acids is 1. The van der Waals surface area contributed by atoms with E-state index in [1.807, 2.05) is 73.8 Å². The van der Waals surface area contributed by atoms with E-state index in [-0.39, 0.29) is 5.91 Å². The van der Waals surface area contributed by atoms with Gasteiger partial charge in [-0.1, -0.05) is 55.5 Å². The van der Waals surface area contributed by atoms with Gasteiger partial charge in [0.05, 0.1) is 0 Å². The maximum atomic E-state index is 12.4. The van der Waals surface area contributed by atoms with Crippen LogP contribution in [0.25, 0.3) is 0 Å². The summed E-state index contributed by atoms with van der Waals surface area (Å²) < 4.78 is 0. The van der Waals surface area contributed by atoms with E-state index in [9.17, 15) is 4.79 Å². The molecule has 4 heteroatoms. The highest BCUT2D eigenvalue weighted by Gasteiger charge is 2.11. The third-order valence-electron chi connectivity index (χ3n) is 3.62. The van der Waals surface area contributed by atoms with E-state index in [0.717, 1.165) is 23.5 Å². The molecule has 0 aliphatic carbocycles. The quantitative estimate of drug-likeness (QED) is 0.674. The van der Waals surface area contributed by atoms with Gasteiger partial charge in [-0.25, -0.2) is 0 Å². The highest BCUT2D eigenvalue weighted by Crippen LogP contribution is 2.08. The third kappa shape index (κ3) is 4.56. The predicted molar refractivity (Wildman–Crippen MR) is 98.9 cm³/mol. The minimum Gasteiger partial charge on any atom is -0.342 e. The number of nitrogens with one attached hydrogen (secondary N) is 1. The molecule has 4 nitrogen and oxygen atoms in total. The highest BCUT2D eigenvalue weighted by atomic mass is 16.2. The summed E-state index contributed by atoms with van der Waals surface area (Å²) in [7, 11) is 3.51. The van der Waals surface area contributed by atoms with Gasteiger partial charge in [0, 0.05) is 37.1 Å². The molecule has 0 aromatic heterocycles. The van der Waals surface area contributed by atoms with E-state index in [4.69, 9.17) is 0 Å². The Morgan fingerprint density at radius 2 is 1.58 bits per heavy atom. The number of hydrogen-bond acceptors (Lipinski definition) is 2. The maximum Gasteiger partial charge on any atom is 0.257 e. The van der Waals surface area contributed by atoms with Gasteiger partial charge in [-0.15, -0.1) is 0 Å². The molecular weight excluding hydrogens is 298 g/mol. The molecule has 0 fully saturated rings. The number of rotatable bonds is 5. The summed E-state index contributed by atoms with van der Waals surface area (Å²) in [5.41, 5.74) is 2.60. The number of aliphatic imine (C=N–C) groups is 1. The van der Waals surface area contributed by atoms with Crippen LogP contribution in [-0.2, 0) is 0 Å². The zero-order chi connectivity index (χ0) is 17.4. The van der Waals surface area contributed by atoms with Crippen LogP contribution in [0.3, 0.4) is 0 Å². The number of nitrogens with zero attached hydrogens (tertiary/aromatic N) is 2. The first-order valence-corrected chi connectivity index (χ1v) is 7.97. The summed E-state index contributed by atoms with van der Waals surface area (Å²) in [6.45, 7) is 2.04. The van der Waals surface area contributed by atoms with E-state index in [1.165, 1.54) is 0 Å². The van der Waals surface area contributed by atoms with Crippen molar-refractivity contribution in [1.29, 1.82) is 0 Å². The summed E-state index contributed by atoms with van der Waals surface area (Å²) in [5.74, 6) is 0.738. The van der Waals surface area contributed by atoms with Crippen molar-refractivity contribution in [3.63, 3.8) is 0 Å². The second kappa shape index (κ2) is 8.67. The molecule has 0 saturated heterocycles. The minimum atomic E-state index is -0.0435. The van der Waals surface area contributed by atoms with Gasteiger partial charge in [0.1, 0.15) is 5.84 Å². The first kappa shape index (κ1) is 17.5. The first-order valence-electron chi connectivity index (χ1n) is 7.97. The van der Waals surface area contributed by atoms with Gasteiger partial charge in [0.25, 0.3) is 5.91 Å². The van der Waals surface area contributed by atoms with Crippen LogP contribution in [0.15, 0.2) is 77.6 Å². The van der Waals surface area contributed by atoms with Gasteiger partial charge in [-0.2, -0.15) is 0 Å². The van der Waals surface area contributed by atoms with Crippen LogP contribution in [0, 0.1) is 0 Å². The van der Waals surface area contributed by atoms with Crippen molar-refractivity contribution in [2.45, 2.75) is 13.3 Å². The average Bonchev–Trinajstić information content (AvgIpc) is 2.65. The average molecular weight is 321 g/mol. The van der Waals surface area contributed by atoms with Gasteiger partial charge < -0.3 is 10.2 Å². The molecule has 2 aromatic rings. The molecule has 2 rings (SSSR count). The molecule has 2 aromatic carbocycles. The van der Waals surface area contributed by atoms with Crippen molar-refractivity contribution in [3.8, 4) is 0 Å². The molecule has 0 saturated carbocycles. The van der Waals surface area contributed by atoms with Crippen LogP contribution in [0.4, 0.5) is 0 Å². The van der Waals surface area contributed by atoms with Crippen molar-refractivity contribution in [2.24, 2.45) is 4.99 Å². The maximum absolute atomic E-state index is 12.4. The predicted octanol–water partition coefficient (Wildman–Crippen LogP) is 3.68. The molecule has 0 unspecified atom stereocenters. The van der Waals surface area contributed by atoms with Crippen LogP contribution in [0.1, 0.15) is 29.3 Å². The van der Waals surface area contributed by atoms with Crippen molar-refractivity contribution in [1.82, 2.24) is 10.2 Å². The fourth-order valence-corrected chi connectivity index (χ4v) is 2.29. The molecule has 0 aliphatic heterocycles. The number of carbonyl (C=O) groups is 1. The Labute approximate surface area is 143 Å². The van der Waals surface area contributed by atoms with Crippen molar-refractivity contribution >= 4 is 11.7 Å². The molecule has 124 valence electrons. The Bertz CT molecular complexity index is 721. The van der Waals surface area contributed by atoms with E-state index >= 15 is 0 Å². The minimum absolute atomic E-state index is 0.0435. The summed E-state index contributed by atoms with van der Waals surface area (Å²) in [6, 6.07) is 19.2. The smallest absolute Gasteiger partial charge is 0.257 e. The third-order valence-corrected chi connectivity index (χ3v) is 3.62. The fourth-order valence-electron chi connectivity index (χ4n) is 2.29. The van der Waals surface area contributed by atoms with Crippen molar-refractivity contribution in [3.05, 3.63) is 83.7 Å². The molecule has 1 N–H and O–H groups in total. The van der Waals surface area contributed by atoms with E-state index in [0.29, 0.717) is 5.56 Å². The molecular formula is C20H23N3O. The van der Waals surface area contributed by atoms with Crippen LogP contribution >= 0.6 is 0 Å². The summed E-state index contributed by atoms with van der Waals surface area (Å²) in [6.07, 6.45) is 2.59. The molecule has 0 bridgehead atoms. The Balaban J connectivity index is 2.15. The van der Waals surface area contributed by atoms with Gasteiger partial charge >= 0.3 is 0 Å². The lowest BCUT2D eigenvalue weighted by Crippen LogP contribution is -2.28. The van der Waals surface area contributed by atoms with Crippen LogP contribution < -0.4 is 5.32 Å². The summed E-state index contributed by atoms with van der Waals surface area (Å²) in [4.78, 5) is 18.4. The lowest BCUT2D eigenvalue weighted by atomic mass is 10.2. The lowest BCUT2D eigenvalue weighted by Gasteiger charge is -2.17. The SMILES string of the molecule is CC/C(=C\N(C)C(=O)c1ccccc1)NC(=NC)c1ccccc1. The van der Waals surface area contributed by atoms with Crippen LogP contribution in [-0.4, -0.2) is 30.7 Å². The van der Waals surface area contributed by atoms with E-state index < -0.39 is 0 Å². The van der Waals surface area contributed by atoms with E-state index in [1.54, 1.807) is 19.0 Å². The second-order valence-corrected chi connectivity index (χ2v) is 5.35. The second-order valence-electron chi connectivity index (χ2n) is 5.35. The molecule has 0 spiro atoms. The number of allylic oxidation sites excluding steroid dienone is 1. The van der Waals surface area contributed by atoms with Gasteiger partial charge in [-0.3, -0.25) is 9.79 Å². The van der Waals surface area contributed by atoms with E-state index in [2.05, 4.69) is 10.3 Å². The molecule has 24 heavy (non-hydrogen) atoms. The van der Waals surface area contributed by atoms with Gasteiger partial charge in [0.15, 0.2) is 0 Å². The first-order chi connectivity index (χ1) is 11.7. The Morgan fingerprint density at radius 1 is 1.04 bits per heavy atom. The highest BCUT2D eigenvalue weighted by molar-refractivity contribution is 6.00. The number of hydrogen-bond donors (Lipinski definition) is 1. The lowest BCUT2D eigenvalue weighted by molar-refractivity contribution is 0.0848. The van der Waals surface area contributed by atoms with Crippen molar-refractivity contribution < 1.29 is 4.79 Å². The largest absolute Gasteiger partial charge is 0.342 e. The fraction of sp³-hybridized carbons (Fsp3) is 0.200. The standard InChI is InChI=1S/C20H23N3O/c1-4-18(22-19(21-2)16-11-7-5-8-12-16)15-23(3)20(24)17-13-9-6-10-14-17/h5-15H,4H2,1-3H3,(H,21,22)/b18-15+. The summed E-state index contributed by atoms with van der Waals surface area (Å²) in [5, 5.41) is 3.32. The monoisotopic (exact) mass is 321 g/mol. The number of amides is 1. The Morgan fingerprint density at radius 3 is 2.08 bits per heavy atom. The van der Waals surface area contributed by atoms with Crippen molar-refractivity contribution in [2.75, 3.05) is 14.1 Å². The molecule has 0 radical (unpaired) electrons. The topological polar surface area (TPSA) is 44.7 Å². The number of benzene rings is 2. The molecule has 0 atom stereocenters. The summed E-state index contributed by atoms with van der Waals surface area (Å²) >= 11 is 0. The van der Waals surface area contributed by atoms with Crippen LogP contribution in [0.2, 0.25) is 0 Å². The normalized spacial score (nSPS) is 12.0. The zero-order valence-electron chi connectivity index (χ0n) is 14.4. The zero-order valence-corrected chi connectivity index (χ0v) is 14.4. The Hall–Kier alpha value is -2.88. The van der Waals surface area contributed by atoms with Gasteiger partial charge in [0.2, 0.25) is 0 Å². The molecule has 1 amide bonds. The molecule has 0 aliphatic rings. The molecule has 0 heterocycles. The van der Waals surface area contributed by atoms with Crippen LogP contribution in [0.5, 0.6) is 0 Å². The Kier molecular flexibility index (Phi) is 6.32. The van der Waals surface area contributed by atoms with Gasteiger partial charge in [-0.05, 0) is 18.6 Å². The number of amidine groups is 1.